The first-order valence-electron chi connectivity index (χ1n) is 13.0. The van der Waals surface area contributed by atoms with Crippen LogP contribution in [-0.2, 0) is 9.59 Å². The topological polar surface area (TPSA) is 110 Å². The normalized spacial score (nSPS) is 28.6. The molecule has 1 aliphatic carbocycles. The Balaban J connectivity index is 1.42. The van der Waals surface area contributed by atoms with E-state index in [9.17, 15) is 18.4 Å². The number of carbonyl (C=O) groups excluding carboxylic acids is 2. The molecule has 0 saturated heterocycles. The van der Waals surface area contributed by atoms with Gasteiger partial charge in [-0.1, -0.05) is 6.92 Å². The van der Waals surface area contributed by atoms with Gasteiger partial charge in [-0.2, -0.15) is 0 Å². The molecule has 3 N–H and O–H groups in total. The molecule has 3 aliphatic rings. The van der Waals surface area contributed by atoms with Gasteiger partial charge in [-0.3, -0.25) is 19.5 Å². The van der Waals surface area contributed by atoms with E-state index in [1.165, 1.54) is 29.3 Å². The highest BCUT2D eigenvalue weighted by Gasteiger charge is 2.53. The number of pyridine rings is 1. The van der Waals surface area contributed by atoms with Crippen LogP contribution in [0.15, 0.2) is 41.7 Å². The van der Waals surface area contributed by atoms with Gasteiger partial charge in [0.15, 0.2) is 5.96 Å². The summed E-state index contributed by atoms with van der Waals surface area (Å²) in [5.74, 6) is -1.58. The molecule has 5 atom stereocenters. The minimum Gasteiger partial charge on any atom is -0.487 e. The number of fused-ring (bicyclic) bond motifs is 1. The fraction of sp³-hybridized carbons (Fsp3) is 0.500. The first-order chi connectivity index (χ1) is 17.9. The number of nitrogens with one attached hydrogen (secondary N) is 1. The molecule has 8 nitrogen and oxygen atoms in total. The van der Waals surface area contributed by atoms with Crippen molar-refractivity contribution in [3.05, 3.63) is 59.4 Å². The van der Waals surface area contributed by atoms with Crippen LogP contribution in [0.25, 0.3) is 0 Å². The minimum atomic E-state index is -0.692. The fourth-order valence-electron chi connectivity index (χ4n) is 5.69. The molecule has 0 spiro atoms. The number of aliphatic imine (C=N–C) groups is 1. The zero-order valence-corrected chi connectivity index (χ0v) is 22.0. The van der Waals surface area contributed by atoms with Crippen LogP contribution in [0.2, 0.25) is 0 Å². The predicted molar refractivity (Wildman–Crippen MR) is 137 cm³/mol. The summed E-state index contributed by atoms with van der Waals surface area (Å²) in [5, 5.41) is 3.07. The van der Waals surface area contributed by atoms with Crippen molar-refractivity contribution in [2.45, 2.75) is 76.6 Å². The number of amides is 2. The zero-order valence-electron chi connectivity index (χ0n) is 22.0. The first kappa shape index (κ1) is 26.1. The fourth-order valence-corrected chi connectivity index (χ4v) is 5.69. The molecule has 38 heavy (non-hydrogen) atoms. The van der Waals surface area contributed by atoms with Gasteiger partial charge in [-0.15, -0.1) is 0 Å². The van der Waals surface area contributed by atoms with E-state index in [4.69, 9.17) is 10.5 Å². The average Bonchev–Trinajstić information content (AvgIpc) is 3.62. The highest BCUT2D eigenvalue weighted by molar-refractivity contribution is 5.99. The molecule has 1 saturated carbocycles. The van der Waals surface area contributed by atoms with Gasteiger partial charge < -0.3 is 15.8 Å². The van der Waals surface area contributed by atoms with Crippen LogP contribution in [0.5, 0.6) is 5.75 Å². The minimum absolute atomic E-state index is 0.0569. The largest absolute Gasteiger partial charge is 0.487 e. The second-order valence-corrected chi connectivity index (χ2v) is 11.5. The standard InChI is InChI=1S/C28H33F2N5O3/c1-5-28(4)12-23(36)35(26(31)34-28)24(15-8-17(30)14-32-13-15)18-10-19(18)25(37)33-21-11-27(2,3)38-22-7-6-16(29)9-20(21)22/h6-9,13-14,18-19,21,24H,5,10-12H2,1-4H3,(H2,31,34)(H,33,37)/t18?,19-,21-,24?,28+/m1/s1. The Morgan fingerprint density at radius 3 is 2.68 bits per heavy atom. The predicted octanol–water partition coefficient (Wildman–Crippen LogP) is 4.17. The maximum Gasteiger partial charge on any atom is 0.232 e. The third-order valence-electron chi connectivity index (χ3n) is 7.87. The van der Waals surface area contributed by atoms with Crippen molar-refractivity contribution < 1.29 is 23.1 Å². The Bertz CT molecular complexity index is 1320. The van der Waals surface area contributed by atoms with E-state index in [0.717, 1.165) is 6.20 Å². The average molecular weight is 526 g/mol. The second-order valence-electron chi connectivity index (χ2n) is 11.5. The lowest BCUT2D eigenvalue weighted by molar-refractivity contribution is -0.132. The Hall–Kier alpha value is -3.56. The van der Waals surface area contributed by atoms with Gasteiger partial charge in [-0.25, -0.2) is 13.8 Å². The van der Waals surface area contributed by atoms with Gasteiger partial charge in [0.05, 0.1) is 30.2 Å². The molecular formula is C28H33F2N5O3. The summed E-state index contributed by atoms with van der Waals surface area (Å²) in [5.41, 5.74) is 6.20. The molecule has 2 amide bonds. The van der Waals surface area contributed by atoms with Crippen molar-refractivity contribution in [2.75, 3.05) is 0 Å². The van der Waals surface area contributed by atoms with Gasteiger partial charge in [-0.05, 0) is 69.4 Å². The van der Waals surface area contributed by atoms with Crippen LogP contribution in [0, 0.1) is 23.5 Å². The number of benzene rings is 1. The Morgan fingerprint density at radius 2 is 2.00 bits per heavy atom. The molecule has 1 fully saturated rings. The number of carbonyl (C=O) groups is 2. The first-order valence-corrected chi connectivity index (χ1v) is 13.0. The van der Waals surface area contributed by atoms with Gasteiger partial charge in [0.1, 0.15) is 23.0 Å². The van der Waals surface area contributed by atoms with Crippen molar-refractivity contribution in [3.8, 4) is 5.75 Å². The highest BCUT2D eigenvalue weighted by atomic mass is 19.1. The van der Waals surface area contributed by atoms with Crippen LogP contribution in [0.3, 0.4) is 0 Å². The lowest BCUT2D eigenvalue weighted by Crippen LogP contribution is -2.52. The smallest absolute Gasteiger partial charge is 0.232 e. The lowest BCUT2D eigenvalue weighted by Gasteiger charge is -2.39. The van der Waals surface area contributed by atoms with E-state index in [0.29, 0.717) is 36.1 Å². The van der Waals surface area contributed by atoms with Crippen molar-refractivity contribution in [2.24, 2.45) is 22.6 Å². The van der Waals surface area contributed by atoms with Crippen LogP contribution in [0.1, 0.15) is 76.6 Å². The summed E-state index contributed by atoms with van der Waals surface area (Å²) in [6.45, 7) is 7.65. The van der Waals surface area contributed by atoms with Gasteiger partial charge in [0.2, 0.25) is 11.8 Å². The summed E-state index contributed by atoms with van der Waals surface area (Å²) in [6.07, 6.45) is 4.31. The SMILES string of the molecule is CC[C@@]1(C)CC(=O)N(C(c2cncc(F)c2)C2C[C@H]2C(=O)N[C@@H]2CC(C)(C)Oc3ccc(F)cc32)C(N)=N1. The van der Waals surface area contributed by atoms with E-state index in [2.05, 4.69) is 15.3 Å². The maximum absolute atomic E-state index is 14.2. The number of aromatic nitrogens is 1. The van der Waals surface area contributed by atoms with Crippen molar-refractivity contribution in [1.82, 2.24) is 15.2 Å². The lowest BCUT2D eigenvalue weighted by atomic mass is 9.89. The number of hydrogen-bond acceptors (Lipinski definition) is 6. The molecule has 0 radical (unpaired) electrons. The van der Waals surface area contributed by atoms with Crippen molar-refractivity contribution >= 4 is 17.8 Å². The molecule has 10 heteroatoms. The Morgan fingerprint density at radius 1 is 1.24 bits per heavy atom. The van der Waals surface area contributed by atoms with Crippen LogP contribution < -0.4 is 15.8 Å². The van der Waals surface area contributed by atoms with Crippen LogP contribution in [-0.4, -0.2) is 38.8 Å². The van der Waals surface area contributed by atoms with Gasteiger partial charge >= 0.3 is 0 Å². The quantitative estimate of drug-likeness (QED) is 0.588. The molecule has 202 valence electrons. The Labute approximate surface area is 220 Å². The van der Waals surface area contributed by atoms with Gasteiger partial charge in [0, 0.05) is 24.1 Å². The summed E-state index contributed by atoms with van der Waals surface area (Å²) in [4.78, 5) is 36.8. The van der Waals surface area contributed by atoms with Crippen molar-refractivity contribution in [1.29, 1.82) is 0 Å². The van der Waals surface area contributed by atoms with Crippen LogP contribution in [0.4, 0.5) is 8.78 Å². The van der Waals surface area contributed by atoms with E-state index in [-0.39, 0.29) is 30.1 Å². The van der Waals surface area contributed by atoms with E-state index < -0.39 is 40.8 Å². The number of nitrogens with two attached hydrogens (primary N) is 1. The number of halogens is 2. The Kier molecular flexibility index (Phi) is 6.39. The highest BCUT2D eigenvalue weighted by Crippen LogP contribution is 2.52. The monoisotopic (exact) mass is 525 g/mol. The molecule has 2 aromatic rings. The number of ether oxygens (including phenoxy) is 1. The van der Waals surface area contributed by atoms with Crippen LogP contribution >= 0.6 is 0 Å². The van der Waals surface area contributed by atoms with Gasteiger partial charge in [0.25, 0.3) is 0 Å². The number of rotatable bonds is 6. The second kappa shape index (κ2) is 9.32. The molecule has 1 aromatic heterocycles. The van der Waals surface area contributed by atoms with E-state index in [1.807, 2.05) is 27.7 Å². The number of nitrogens with zero attached hydrogens (tertiary/aromatic N) is 3. The van der Waals surface area contributed by atoms with Crippen molar-refractivity contribution in [3.63, 3.8) is 0 Å². The third kappa shape index (κ3) is 4.96. The summed E-state index contributed by atoms with van der Waals surface area (Å²) in [7, 11) is 0. The summed E-state index contributed by atoms with van der Waals surface area (Å²) >= 11 is 0. The molecule has 3 heterocycles. The molecular weight excluding hydrogens is 492 g/mol. The maximum atomic E-state index is 14.2. The summed E-state index contributed by atoms with van der Waals surface area (Å²) in [6, 6.07) is 4.47. The molecule has 1 aromatic carbocycles. The molecule has 2 aliphatic heterocycles. The number of hydrogen-bond donors (Lipinski definition) is 2. The molecule has 5 rings (SSSR count). The van der Waals surface area contributed by atoms with E-state index >= 15 is 0 Å². The summed E-state index contributed by atoms with van der Waals surface area (Å²) < 4.78 is 34.3. The molecule has 2 unspecified atom stereocenters. The zero-order chi connectivity index (χ0) is 27.4. The third-order valence-corrected chi connectivity index (χ3v) is 7.87. The van der Waals surface area contributed by atoms with E-state index in [1.54, 1.807) is 6.07 Å². The molecule has 0 bridgehead atoms. The number of guanidine groups is 1.